The lowest BCUT2D eigenvalue weighted by atomic mass is 10.0. The molecule has 1 aromatic heterocycles. The number of thioether (sulfide) groups is 1. The Balaban J connectivity index is 1.80. The van der Waals surface area contributed by atoms with E-state index in [2.05, 4.69) is 10.3 Å². The predicted octanol–water partition coefficient (Wildman–Crippen LogP) is 2.88. The summed E-state index contributed by atoms with van der Waals surface area (Å²) >= 11 is 1.36. The molecule has 0 fully saturated rings. The van der Waals surface area contributed by atoms with E-state index in [0.717, 1.165) is 5.56 Å². The first-order valence-electron chi connectivity index (χ1n) is 7.59. The Bertz CT molecular complexity index is 692. The molecule has 1 unspecified atom stereocenters. The number of aromatic nitrogens is 1. The monoisotopic (exact) mass is 344 g/mol. The van der Waals surface area contributed by atoms with Gasteiger partial charge < -0.3 is 10.1 Å². The molecule has 24 heavy (non-hydrogen) atoms. The van der Waals surface area contributed by atoms with Gasteiger partial charge in [-0.2, -0.15) is 0 Å². The van der Waals surface area contributed by atoms with Crippen LogP contribution in [0.3, 0.4) is 0 Å². The molecule has 0 bridgehead atoms. The molecule has 5 nitrogen and oxygen atoms in total. The second kappa shape index (κ2) is 9.08. The quantitative estimate of drug-likeness (QED) is 0.618. The average Bonchev–Trinajstić information content (AvgIpc) is 2.64. The van der Waals surface area contributed by atoms with Gasteiger partial charge >= 0.3 is 5.97 Å². The van der Waals surface area contributed by atoms with Crippen LogP contribution >= 0.6 is 11.8 Å². The van der Waals surface area contributed by atoms with Crippen LogP contribution in [0.4, 0.5) is 0 Å². The second-order valence-corrected chi connectivity index (χ2v) is 6.05. The number of esters is 1. The Hall–Kier alpha value is -2.34. The van der Waals surface area contributed by atoms with Crippen LogP contribution in [0.5, 0.6) is 0 Å². The minimum Gasteiger partial charge on any atom is -0.452 e. The van der Waals surface area contributed by atoms with Gasteiger partial charge in [0.1, 0.15) is 5.03 Å². The largest absolute Gasteiger partial charge is 0.452 e. The molecule has 0 saturated carbocycles. The number of amides is 1. The maximum atomic E-state index is 12.0. The van der Waals surface area contributed by atoms with Crippen LogP contribution in [0.1, 0.15) is 28.8 Å². The summed E-state index contributed by atoms with van der Waals surface area (Å²) in [6.45, 7) is 2.22. The van der Waals surface area contributed by atoms with E-state index in [1.807, 2.05) is 43.5 Å². The Kier molecular flexibility index (Phi) is 6.81. The summed E-state index contributed by atoms with van der Waals surface area (Å²) < 4.78 is 5.07. The third-order valence-corrected chi connectivity index (χ3v) is 4.20. The van der Waals surface area contributed by atoms with E-state index in [-0.39, 0.29) is 18.4 Å². The van der Waals surface area contributed by atoms with Crippen molar-refractivity contribution in [2.45, 2.75) is 17.9 Å². The van der Waals surface area contributed by atoms with Crippen molar-refractivity contribution in [2.24, 2.45) is 0 Å². The first-order valence-corrected chi connectivity index (χ1v) is 8.82. The number of hydrogen-bond donors (Lipinski definition) is 1. The Morgan fingerprint density at radius 3 is 2.67 bits per heavy atom. The fourth-order valence-electron chi connectivity index (χ4n) is 2.14. The number of hydrogen-bond acceptors (Lipinski definition) is 5. The summed E-state index contributed by atoms with van der Waals surface area (Å²) in [7, 11) is 0. The third-order valence-electron chi connectivity index (χ3n) is 3.49. The topological polar surface area (TPSA) is 68.3 Å². The number of pyridine rings is 1. The van der Waals surface area contributed by atoms with Crippen LogP contribution < -0.4 is 5.32 Å². The lowest BCUT2D eigenvalue weighted by Crippen LogP contribution is -2.31. The molecule has 1 amide bonds. The third kappa shape index (κ3) is 5.09. The SMILES string of the molecule is CSc1ncccc1C(=O)OCC(=O)NCC(C)c1ccccc1. The van der Waals surface area contributed by atoms with Crippen molar-refractivity contribution in [3.8, 4) is 0 Å². The van der Waals surface area contributed by atoms with E-state index in [9.17, 15) is 9.59 Å². The lowest BCUT2D eigenvalue weighted by Gasteiger charge is -2.13. The van der Waals surface area contributed by atoms with Gasteiger partial charge in [-0.15, -0.1) is 11.8 Å². The number of ether oxygens (including phenoxy) is 1. The number of benzene rings is 1. The number of carbonyl (C=O) groups excluding carboxylic acids is 2. The Morgan fingerprint density at radius 2 is 1.96 bits per heavy atom. The normalized spacial score (nSPS) is 11.6. The average molecular weight is 344 g/mol. The number of nitrogens with zero attached hydrogens (tertiary/aromatic N) is 1. The van der Waals surface area contributed by atoms with E-state index in [1.54, 1.807) is 18.3 Å². The fourth-order valence-corrected chi connectivity index (χ4v) is 2.67. The highest BCUT2D eigenvalue weighted by molar-refractivity contribution is 7.98. The van der Waals surface area contributed by atoms with E-state index in [1.165, 1.54) is 11.8 Å². The van der Waals surface area contributed by atoms with Crippen LogP contribution in [-0.2, 0) is 9.53 Å². The van der Waals surface area contributed by atoms with Crippen molar-refractivity contribution < 1.29 is 14.3 Å². The molecule has 0 spiro atoms. The van der Waals surface area contributed by atoms with Gasteiger partial charge in [-0.1, -0.05) is 37.3 Å². The molecule has 2 rings (SSSR count). The summed E-state index contributed by atoms with van der Waals surface area (Å²) in [5.41, 5.74) is 1.52. The zero-order valence-electron chi connectivity index (χ0n) is 13.7. The van der Waals surface area contributed by atoms with Gasteiger partial charge in [-0.05, 0) is 29.9 Å². The molecule has 0 saturated heterocycles. The van der Waals surface area contributed by atoms with Gasteiger partial charge in [0, 0.05) is 12.7 Å². The van der Waals surface area contributed by atoms with Gasteiger partial charge in [-0.25, -0.2) is 9.78 Å². The van der Waals surface area contributed by atoms with Crippen LogP contribution in [0, 0.1) is 0 Å². The number of nitrogens with one attached hydrogen (secondary N) is 1. The molecular formula is C18H20N2O3S. The van der Waals surface area contributed by atoms with Crippen molar-refractivity contribution in [3.05, 3.63) is 59.8 Å². The van der Waals surface area contributed by atoms with Crippen molar-refractivity contribution in [1.29, 1.82) is 0 Å². The molecule has 0 aliphatic heterocycles. The van der Waals surface area contributed by atoms with Crippen LogP contribution in [0.2, 0.25) is 0 Å². The molecule has 0 radical (unpaired) electrons. The van der Waals surface area contributed by atoms with Gasteiger partial charge in [0.2, 0.25) is 0 Å². The van der Waals surface area contributed by atoms with Crippen molar-refractivity contribution in [3.63, 3.8) is 0 Å². The molecule has 0 aliphatic carbocycles. The summed E-state index contributed by atoms with van der Waals surface area (Å²) in [5, 5.41) is 3.36. The summed E-state index contributed by atoms with van der Waals surface area (Å²) in [6, 6.07) is 13.2. The first kappa shape index (κ1) is 18.0. The second-order valence-electron chi connectivity index (χ2n) is 5.25. The van der Waals surface area contributed by atoms with E-state index in [4.69, 9.17) is 4.74 Å². The summed E-state index contributed by atoms with van der Waals surface area (Å²) in [6.07, 6.45) is 3.44. The van der Waals surface area contributed by atoms with Crippen molar-refractivity contribution in [1.82, 2.24) is 10.3 Å². The molecule has 6 heteroatoms. The Morgan fingerprint density at radius 1 is 1.21 bits per heavy atom. The van der Waals surface area contributed by atoms with E-state index < -0.39 is 5.97 Å². The standard InChI is InChI=1S/C18H20N2O3S/c1-13(14-7-4-3-5-8-14)11-20-16(21)12-23-18(22)15-9-6-10-19-17(15)24-2/h3-10,13H,11-12H2,1-2H3,(H,20,21). The first-order chi connectivity index (χ1) is 11.6. The van der Waals surface area contributed by atoms with Crippen LogP contribution in [0.15, 0.2) is 53.7 Å². The van der Waals surface area contributed by atoms with Gasteiger partial charge in [0.05, 0.1) is 5.56 Å². The van der Waals surface area contributed by atoms with Gasteiger partial charge in [-0.3, -0.25) is 4.79 Å². The zero-order valence-corrected chi connectivity index (χ0v) is 14.5. The highest BCUT2D eigenvalue weighted by Crippen LogP contribution is 2.17. The highest BCUT2D eigenvalue weighted by Gasteiger charge is 2.15. The van der Waals surface area contributed by atoms with Crippen molar-refractivity contribution in [2.75, 3.05) is 19.4 Å². The molecule has 2 aromatic rings. The number of carbonyl (C=O) groups is 2. The smallest absolute Gasteiger partial charge is 0.341 e. The summed E-state index contributed by atoms with van der Waals surface area (Å²) in [4.78, 5) is 28.0. The maximum absolute atomic E-state index is 12.0. The molecule has 1 heterocycles. The lowest BCUT2D eigenvalue weighted by molar-refractivity contribution is -0.124. The van der Waals surface area contributed by atoms with Crippen LogP contribution in [0.25, 0.3) is 0 Å². The maximum Gasteiger partial charge on any atom is 0.341 e. The molecule has 0 aliphatic rings. The van der Waals surface area contributed by atoms with E-state index >= 15 is 0 Å². The van der Waals surface area contributed by atoms with E-state index in [0.29, 0.717) is 17.1 Å². The highest BCUT2D eigenvalue weighted by atomic mass is 32.2. The number of rotatable bonds is 7. The van der Waals surface area contributed by atoms with Gasteiger partial charge in [0.15, 0.2) is 6.61 Å². The minimum absolute atomic E-state index is 0.187. The molecule has 1 aromatic carbocycles. The Labute approximate surface area is 145 Å². The fraction of sp³-hybridized carbons (Fsp3) is 0.278. The molecule has 1 N–H and O–H groups in total. The molecule has 126 valence electrons. The molecule has 1 atom stereocenters. The van der Waals surface area contributed by atoms with Crippen molar-refractivity contribution >= 4 is 23.6 Å². The zero-order chi connectivity index (χ0) is 17.4. The minimum atomic E-state index is -0.543. The van der Waals surface area contributed by atoms with Crippen LogP contribution in [-0.4, -0.2) is 36.3 Å². The molecular weight excluding hydrogens is 324 g/mol. The summed E-state index contributed by atoms with van der Waals surface area (Å²) in [5.74, 6) is -0.674. The van der Waals surface area contributed by atoms with Gasteiger partial charge in [0.25, 0.3) is 5.91 Å². The predicted molar refractivity (Wildman–Crippen MR) is 94.2 cm³/mol.